The predicted octanol–water partition coefficient (Wildman–Crippen LogP) is 0.0685. The van der Waals surface area contributed by atoms with Crippen molar-refractivity contribution < 1.29 is 57.4 Å². The third-order valence-corrected chi connectivity index (χ3v) is 4.19. The van der Waals surface area contributed by atoms with Crippen LogP contribution in [0.4, 0.5) is 13.2 Å². The molecule has 1 aliphatic rings. The number of para-hydroxylation sites is 1. The summed E-state index contributed by atoms with van der Waals surface area (Å²) in [5.74, 6) is -1.92. The Hall–Kier alpha value is -1.76. The number of aryl methyl sites for hydroxylation is 1. The minimum atomic E-state index is -4.95. The van der Waals surface area contributed by atoms with Crippen LogP contribution in [0.1, 0.15) is 16.7 Å². The van der Waals surface area contributed by atoms with Crippen LogP contribution in [-0.2, 0) is 11.2 Å². The Morgan fingerprint density at radius 3 is 2.31 bits per heavy atom. The summed E-state index contributed by atoms with van der Waals surface area (Å²) in [6, 6.07) is 12.4. The van der Waals surface area contributed by atoms with Crippen molar-refractivity contribution in [1.82, 2.24) is 0 Å². The van der Waals surface area contributed by atoms with E-state index < -0.39 is 29.7 Å². The van der Waals surface area contributed by atoms with Crippen molar-refractivity contribution >= 4 is 12.0 Å². The number of hydrogen-bond acceptors (Lipinski definition) is 3. The molecule has 0 amide bonds. The normalized spacial score (nSPS) is 18.8. The zero-order chi connectivity index (χ0) is 18.2. The molecule has 0 saturated carbocycles. The number of carbonyl (C=O) groups excluding carboxylic acids is 1. The number of carboxylic acid groups (broad SMARTS) is 1. The first kappa shape index (κ1) is 20.6. The fraction of sp³-hybridized carbons (Fsp3) is 0.211. The van der Waals surface area contributed by atoms with Gasteiger partial charge in [-0.2, -0.15) is 13.2 Å². The largest absolute Gasteiger partial charge is 1.00 e. The number of fused-ring (bicyclic) bond motifs is 1. The molecule has 1 aliphatic heterocycles. The molecule has 0 N–H and O–H groups in total. The second kappa shape index (κ2) is 7.47. The van der Waals surface area contributed by atoms with Crippen LogP contribution >= 0.6 is 0 Å². The minimum Gasteiger partial charge on any atom is -0.545 e. The maximum atomic E-state index is 14.0. The second-order valence-electron chi connectivity index (χ2n) is 5.97. The first-order valence-corrected chi connectivity index (χ1v) is 7.57. The van der Waals surface area contributed by atoms with Crippen LogP contribution in [0.15, 0.2) is 54.1 Å². The number of halogens is 3. The van der Waals surface area contributed by atoms with Gasteiger partial charge in [-0.25, -0.2) is 0 Å². The SMILES string of the molecule is Cc1ccc(CC2(C(F)(F)F)Oc3ccccc3C=C2C(=O)[O-])cc1.[Na+]. The van der Waals surface area contributed by atoms with Crippen molar-refractivity contribution in [3.63, 3.8) is 0 Å². The van der Waals surface area contributed by atoms with Crippen molar-refractivity contribution in [2.45, 2.75) is 25.1 Å². The van der Waals surface area contributed by atoms with E-state index in [0.29, 0.717) is 5.56 Å². The molecular weight excluding hydrogens is 356 g/mol. The molecule has 3 rings (SSSR count). The molecule has 0 aliphatic carbocycles. The van der Waals surface area contributed by atoms with Crippen molar-refractivity contribution in [3.05, 3.63) is 70.8 Å². The fourth-order valence-electron chi connectivity index (χ4n) is 2.87. The number of ether oxygens (including phenoxy) is 1. The average Bonchev–Trinajstić information content (AvgIpc) is 2.55. The molecule has 1 atom stereocenters. The summed E-state index contributed by atoms with van der Waals surface area (Å²) >= 11 is 0. The first-order valence-electron chi connectivity index (χ1n) is 7.57. The van der Waals surface area contributed by atoms with Crippen LogP contribution in [0.5, 0.6) is 5.75 Å². The van der Waals surface area contributed by atoms with Crippen LogP contribution < -0.4 is 39.4 Å². The minimum absolute atomic E-state index is 0. The number of alkyl halides is 3. The van der Waals surface area contributed by atoms with E-state index in [2.05, 4.69) is 0 Å². The van der Waals surface area contributed by atoms with E-state index in [4.69, 9.17) is 4.74 Å². The molecule has 0 fully saturated rings. The second-order valence-corrected chi connectivity index (χ2v) is 5.97. The Morgan fingerprint density at radius 2 is 1.73 bits per heavy atom. The third-order valence-electron chi connectivity index (χ3n) is 4.19. The van der Waals surface area contributed by atoms with Gasteiger partial charge in [0.05, 0.1) is 5.97 Å². The van der Waals surface area contributed by atoms with Crippen LogP contribution in [0.25, 0.3) is 6.08 Å². The summed E-state index contributed by atoms with van der Waals surface area (Å²) in [5.41, 5.74) is -2.47. The van der Waals surface area contributed by atoms with Gasteiger partial charge < -0.3 is 14.6 Å². The summed E-state index contributed by atoms with van der Waals surface area (Å²) in [4.78, 5) is 11.5. The molecule has 7 heteroatoms. The van der Waals surface area contributed by atoms with E-state index in [0.717, 1.165) is 11.6 Å². The topological polar surface area (TPSA) is 49.4 Å². The molecule has 0 saturated heterocycles. The van der Waals surface area contributed by atoms with Crippen molar-refractivity contribution in [3.8, 4) is 5.75 Å². The summed E-state index contributed by atoms with van der Waals surface area (Å²) in [6.45, 7) is 1.81. The Morgan fingerprint density at radius 1 is 1.12 bits per heavy atom. The van der Waals surface area contributed by atoms with Gasteiger partial charge in [0.2, 0.25) is 5.60 Å². The van der Waals surface area contributed by atoms with Gasteiger partial charge in [-0.15, -0.1) is 0 Å². The van der Waals surface area contributed by atoms with Gasteiger partial charge in [-0.05, 0) is 24.6 Å². The smallest absolute Gasteiger partial charge is 0.545 e. The molecule has 1 heterocycles. The summed E-state index contributed by atoms with van der Waals surface area (Å²) in [5, 5.41) is 11.5. The van der Waals surface area contributed by atoms with Crippen LogP contribution in [0.2, 0.25) is 0 Å². The molecule has 130 valence electrons. The van der Waals surface area contributed by atoms with E-state index in [9.17, 15) is 23.1 Å². The number of carboxylic acids is 1. The van der Waals surface area contributed by atoms with Gasteiger partial charge in [0.25, 0.3) is 0 Å². The first-order chi connectivity index (χ1) is 11.7. The average molecular weight is 370 g/mol. The molecule has 3 nitrogen and oxygen atoms in total. The molecule has 0 radical (unpaired) electrons. The van der Waals surface area contributed by atoms with Crippen molar-refractivity contribution in [2.75, 3.05) is 0 Å². The predicted molar refractivity (Wildman–Crippen MR) is 83.7 cm³/mol. The summed E-state index contributed by atoms with van der Waals surface area (Å²) in [7, 11) is 0. The van der Waals surface area contributed by atoms with E-state index in [1.807, 2.05) is 6.92 Å². The molecule has 0 bridgehead atoms. The quantitative estimate of drug-likeness (QED) is 0.719. The maximum absolute atomic E-state index is 14.0. The molecule has 0 spiro atoms. The van der Waals surface area contributed by atoms with Gasteiger partial charge >= 0.3 is 35.7 Å². The van der Waals surface area contributed by atoms with Crippen molar-refractivity contribution in [1.29, 1.82) is 0 Å². The summed E-state index contributed by atoms with van der Waals surface area (Å²) in [6.07, 6.45) is -4.63. The molecular formula is C19H14F3NaO3. The van der Waals surface area contributed by atoms with E-state index in [1.54, 1.807) is 18.2 Å². The molecule has 2 aromatic carbocycles. The van der Waals surface area contributed by atoms with Crippen LogP contribution in [-0.4, -0.2) is 17.7 Å². The van der Waals surface area contributed by atoms with E-state index in [1.165, 1.54) is 30.3 Å². The molecule has 2 aromatic rings. The molecule has 1 unspecified atom stereocenters. The molecule has 26 heavy (non-hydrogen) atoms. The number of hydrogen-bond donors (Lipinski definition) is 0. The summed E-state index contributed by atoms with van der Waals surface area (Å²) < 4.78 is 47.3. The maximum Gasteiger partial charge on any atom is 1.00 e. The Bertz CT molecular complexity index is 844. The Labute approximate surface area is 170 Å². The number of benzene rings is 2. The van der Waals surface area contributed by atoms with Gasteiger partial charge in [0.1, 0.15) is 5.75 Å². The van der Waals surface area contributed by atoms with Crippen LogP contribution in [0, 0.1) is 6.92 Å². The Kier molecular flexibility index (Phi) is 5.90. The van der Waals surface area contributed by atoms with Crippen LogP contribution in [0.3, 0.4) is 0 Å². The number of rotatable bonds is 3. The molecule has 0 aromatic heterocycles. The van der Waals surface area contributed by atoms with Gasteiger partial charge in [0.15, 0.2) is 0 Å². The zero-order valence-corrected chi connectivity index (χ0v) is 16.3. The monoisotopic (exact) mass is 370 g/mol. The van der Waals surface area contributed by atoms with Crippen molar-refractivity contribution in [2.24, 2.45) is 0 Å². The number of aliphatic carboxylic acids is 1. The van der Waals surface area contributed by atoms with Gasteiger partial charge in [-0.1, -0.05) is 48.0 Å². The number of carbonyl (C=O) groups is 1. The van der Waals surface area contributed by atoms with E-state index >= 15 is 0 Å². The standard InChI is InChI=1S/C19H15F3O3.Na/c1-12-6-8-13(9-7-12)11-18(19(20,21)22)15(17(23)24)10-14-4-2-3-5-16(14)25-18;/h2-10H,11H2,1H3,(H,23,24);/q;+1/p-1. The fourth-order valence-corrected chi connectivity index (χ4v) is 2.87. The van der Waals surface area contributed by atoms with E-state index in [-0.39, 0.29) is 40.9 Å². The third kappa shape index (κ3) is 3.68. The zero-order valence-electron chi connectivity index (χ0n) is 14.3. The Balaban J connectivity index is 0.00000243. The van der Waals surface area contributed by atoms with Gasteiger partial charge in [0, 0.05) is 17.6 Å². The van der Waals surface area contributed by atoms with Gasteiger partial charge in [-0.3, -0.25) is 0 Å².